The summed E-state index contributed by atoms with van der Waals surface area (Å²) in [5.41, 5.74) is 0. The van der Waals surface area contributed by atoms with Crippen LogP contribution in [0.2, 0.25) is 0 Å². The molecule has 0 radical (unpaired) electrons. The van der Waals surface area contributed by atoms with Crippen molar-refractivity contribution in [1.29, 1.82) is 0 Å². The van der Waals surface area contributed by atoms with Gasteiger partial charge in [0.15, 0.2) is 6.29 Å². The number of carbonyl (C=O) groups is 1. The fraction of sp³-hybridized carbons (Fsp3) is 0.845. The number of aliphatic hydroxyl groups is 7. The van der Waals surface area contributed by atoms with E-state index < -0.39 is 74.2 Å². The SMILES string of the molecule is CCCCCCCCC/C=C/CC/C=C/CC/C=C/CCCC(O)C(O)C(COC1OC(CO)C(O)C(O)C1O)NC(=O)C(O)CCCCCCCC/C=C\CCCCCCCCCCCCCC. The Morgan fingerprint density at radius 2 is 0.870 bits per heavy atom. The van der Waals surface area contributed by atoms with Crippen LogP contribution >= 0.6 is 0 Å². The van der Waals surface area contributed by atoms with Gasteiger partial charge in [0.25, 0.3) is 0 Å². The topological polar surface area (TPSA) is 189 Å². The largest absolute Gasteiger partial charge is 0.394 e. The molecule has 1 aliphatic rings. The Hall–Kier alpha value is -1.93. The van der Waals surface area contributed by atoms with Crippen LogP contribution < -0.4 is 5.32 Å². The van der Waals surface area contributed by atoms with Gasteiger partial charge < -0.3 is 50.5 Å². The highest BCUT2D eigenvalue weighted by atomic mass is 16.7. The van der Waals surface area contributed by atoms with Crippen LogP contribution in [0.5, 0.6) is 0 Å². The average Bonchev–Trinajstić information content (AvgIpc) is 3.35. The maximum Gasteiger partial charge on any atom is 0.249 e. The summed E-state index contributed by atoms with van der Waals surface area (Å²) in [6.45, 7) is 3.44. The van der Waals surface area contributed by atoms with Gasteiger partial charge in [-0.1, -0.05) is 204 Å². The van der Waals surface area contributed by atoms with Gasteiger partial charge in [0.2, 0.25) is 5.91 Å². The van der Waals surface area contributed by atoms with Gasteiger partial charge in [-0.3, -0.25) is 4.79 Å². The van der Waals surface area contributed by atoms with E-state index in [-0.39, 0.29) is 12.8 Å². The number of carbonyl (C=O) groups excluding carboxylic acids is 1. The van der Waals surface area contributed by atoms with Gasteiger partial charge in [0.05, 0.1) is 25.4 Å². The van der Waals surface area contributed by atoms with Gasteiger partial charge in [-0.05, 0) is 89.9 Å². The fourth-order valence-electron chi connectivity index (χ4n) is 8.88. The molecular formula is C58H107NO10. The first-order valence-electron chi connectivity index (χ1n) is 28.5. The van der Waals surface area contributed by atoms with Gasteiger partial charge in [-0.15, -0.1) is 0 Å². The lowest BCUT2D eigenvalue weighted by Gasteiger charge is -2.40. The van der Waals surface area contributed by atoms with Gasteiger partial charge in [-0.25, -0.2) is 0 Å². The number of ether oxygens (including phenoxy) is 2. The molecule has 404 valence electrons. The van der Waals surface area contributed by atoms with Crippen LogP contribution in [0, 0.1) is 0 Å². The number of amides is 1. The van der Waals surface area contributed by atoms with Gasteiger partial charge in [0, 0.05) is 0 Å². The fourth-order valence-corrected chi connectivity index (χ4v) is 8.88. The van der Waals surface area contributed by atoms with Crippen LogP contribution in [0.25, 0.3) is 0 Å². The number of unbranched alkanes of at least 4 members (excludes halogenated alkanes) is 28. The van der Waals surface area contributed by atoms with E-state index in [0.29, 0.717) is 19.3 Å². The van der Waals surface area contributed by atoms with E-state index in [1.54, 1.807) is 0 Å². The molecule has 0 aromatic rings. The van der Waals surface area contributed by atoms with Crippen molar-refractivity contribution in [3.63, 3.8) is 0 Å². The number of aliphatic hydroxyl groups excluding tert-OH is 7. The van der Waals surface area contributed by atoms with Crippen LogP contribution in [0.3, 0.4) is 0 Å². The van der Waals surface area contributed by atoms with Gasteiger partial charge in [0.1, 0.15) is 36.6 Å². The lowest BCUT2D eigenvalue weighted by atomic mass is 9.98. The monoisotopic (exact) mass is 978 g/mol. The Kier molecular flexibility index (Phi) is 44.4. The second-order valence-electron chi connectivity index (χ2n) is 20.0. The van der Waals surface area contributed by atoms with Crippen LogP contribution in [0.1, 0.15) is 245 Å². The minimum Gasteiger partial charge on any atom is -0.394 e. The molecule has 0 aliphatic carbocycles. The molecule has 0 saturated carbocycles. The Balaban J connectivity index is 2.38. The Bertz CT molecular complexity index is 1260. The highest BCUT2D eigenvalue weighted by Gasteiger charge is 2.44. The maximum absolute atomic E-state index is 13.2. The summed E-state index contributed by atoms with van der Waals surface area (Å²) < 4.78 is 11.1. The van der Waals surface area contributed by atoms with Crippen molar-refractivity contribution in [1.82, 2.24) is 5.32 Å². The Morgan fingerprint density at radius 1 is 0.493 bits per heavy atom. The highest BCUT2D eigenvalue weighted by molar-refractivity contribution is 5.80. The molecule has 0 spiro atoms. The third kappa shape index (κ3) is 35.8. The number of allylic oxidation sites excluding steroid dienone is 8. The average molecular weight is 978 g/mol. The van der Waals surface area contributed by atoms with Crippen LogP contribution in [-0.2, 0) is 14.3 Å². The molecule has 11 heteroatoms. The Morgan fingerprint density at radius 3 is 1.29 bits per heavy atom. The van der Waals surface area contributed by atoms with Gasteiger partial charge >= 0.3 is 0 Å². The summed E-state index contributed by atoms with van der Waals surface area (Å²) in [6.07, 6.45) is 47.3. The van der Waals surface area contributed by atoms with Crippen LogP contribution in [-0.4, -0.2) is 110 Å². The Labute approximate surface area is 421 Å². The van der Waals surface area contributed by atoms with E-state index in [0.717, 1.165) is 64.2 Å². The minimum atomic E-state index is -1.68. The predicted octanol–water partition coefficient (Wildman–Crippen LogP) is 11.7. The van der Waals surface area contributed by atoms with E-state index in [1.165, 1.54) is 135 Å². The molecule has 0 aromatic carbocycles. The molecule has 0 aromatic heterocycles. The van der Waals surface area contributed by atoms with E-state index in [4.69, 9.17) is 9.47 Å². The summed E-state index contributed by atoms with van der Waals surface area (Å²) in [6, 6.07) is -1.20. The second kappa shape index (κ2) is 47.1. The van der Waals surface area contributed by atoms with E-state index in [2.05, 4.69) is 67.8 Å². The zero-order chi connectivity index (χ0) is 50.4. The molecule has 9 atom stereocenters. The zero-order valence-corrected chi connectivity index (χ0v) is 44.0. The van der Waals surface area contributed by atoms with Crippen LogP contribution in [0.4, 0.5) is 0 Å². The van der Waals surface area contributed by atoms with E-state index in [1.807, 2.05) is 0 Å². The molecule has 69 heavy (non-hydrogen) atoms. The van der Waals surface area contributed by atoms with Gasteiger partial charge in [-0.2, -0.15) is 0 Å². The van der Waals surface area contributed by atoms with Crippen molar-refractivity contribution >= 4 is 5.91 Å². The first kappa shape index (κ1) is 65.1. The molecule has 8 N–H and O–H groups in total. The smallest absolute Gasteiger partial charge is 0.249 e. The summed E-state index contributed by atoms with van der Waals surface area (Å²) in [5.74, 6) is -0.716. The first-order chi connectivity index (χ1) is 33.7. The summed E-state index contributed by atoms with van der Waals surface area (Å²) in [4.78, 5) is 13.2. The minimum absolute atomic E-state index is 0.239. The van der Waals surface area contributed by atoms with Crippen molar-refractivity contribution in [3.05, 3.63) is 48.6 Å². The lowest BCUT2D eigenvalue weighted by Crippen LogP contribution is -2.60. The van der Waals surface area contributed by atoms with Crippen molar-refractivity contribution in [3.8, 4) is 0 Å². The molecule has 0 bridgehead atoms. The third-order valence-corrected chi connectivity index (χ3v) is 13.6. The molecule has 1 rings (SSSR count). The number of nitrogens with one attached hydrogen (secondary N) is 1. The number of hydrogen-bond acceptors (Lipinski definition) is 10. The van der Waals surface area contributed by atoms with Crippen molar-refractivity contribution in [2.75, 3.05) is 13.2 Å². The lowest BCUT2D eigenvalue weighted by molar-refractivity contribution is -0.303. The van der Waals surface area contributed by atoms with Crippen molar-refractivity contribution in [2.24, 2.45) is 0 Å². The van der Waals surface area contributed by atoms with Crippen LogP contribution in [0.15, 0.2) is 48.6 Å². The second-order valence-corrected chi connectivity index (χ2v) is 20.0. The highest BCUT2D eigenvalue weighted by Crippen LogP contribution is 2.23. The standard InChI is InChI=1S/C58H107NO10/c1-3-5-7-9-11-13-15-17-19-21-23-25-26-28-30-32-34-36-38-40-42-44-46-51(62)57(67)59-49(48-68-58-56(66)55(65)54(64)52(47-60)69-58)53(63)50(61)45-43-41-39-37-35-33-31-29-27-24-22-20-18-16-14-12-10-8-6-4-2/h20,22,28-31,37,39,49-56,58,60-66H,3-19,21,23-27,32-36,38,40-48H2,1-2H3,(H,59,67)/b22-20+,30-28-,31-29+,39-37+. The van der Waals surface area contributed by atoms with Crippen molar-refractivity contribution in [2.45, 2.75) is 300 Å². The molecular weight excluding hydrogens is 871 g/mol. The predicted molar refractivity (Wildman–Crippen MR) is 284 cm³/mol. The van der Waals surface area contributed by atoms with E-state index in [9.17, 15) is 40.5 Å². The third-order valence-electron chi connectivity index (χ3n) is 13.6. The molecule has 1 heterocycles. The molecule has 1 fully saturated rings. The zero-order valence-electron chi connectivity index (χ0n) is 44.0. The first-order valence-corrected chi connectivity index (χ1v) is 28.5. The molecule has 1 amide bonds. The molecule has 9 unspecified atom stereocenters. The summed E-state index contributed by atoms with van der Waals surface area (Å²) in [7, 11) is 0. The molecule has 11 nitrogen and oxygen atoms in total. The maximum atomic E-state index is 13.2. The molecule has 1 saturated heterocycles. The number of rotatable bonds is 48. The summed E-state index contributed by atoms with van der Waals surface area (Å²) in [5, 5.41) is 76.0. The quantitative estimate of drug-likeness (QED) is 0.0215. The normalized spacial score (nSPS) is 20.7. The van der Waals surface area contributed by atoms with E-state index >= 15 is 0 Å². The van der Waals surface area contributed by atoms with Crippen molar-refractivity contribution < 1.29 is 50.0 Å². The summed E-state index contributed by atoms with van der Waals surface area (Å²) >= 11 is 0. The number of hydrogen-bond donors (Lipinski definition) is 8. The molecule has 1 aliphatic heterocycles.